The molecule has 2 amide bonds. The number of benzene rings is 2. The molecule has 0 saturated carbocycles. The molecule has 2 N–H and O–H groups in total. The highest BCUT2D eigenvalue weighted by atomic mass is 16.2. The minimum absolute atomic E-state index is 0.114. The van der Waals surface area contributed by atoms with Crippen LogP contribution in [0.3, 0.4) is 0 Å². The van der Waals surface area contributed by atoms with Crippen LogP contribution in [0.25, 0.3) is 0 Å². The number of nitrogens with zero attached hydrogens (tertiary/aromatic N) is 3. The van der Waals surface area contributed by atoms with Crippen LogP contribution >= 0.6 is 0 Å². The number of anilines is 2. The number of rotatable bonds is 4. The number of fused-ring (bicyclic) bond motifs is 1. The Labute approximate surface area is 224 Å². The van der Waals surface area contributed by atoms with Crippen molar-refractivity contribution in [2.75, 3.05) is 43.9 Å². The van der Waals surface area contributed by atoms with Gasteiger partial charge in [0, 0.05) is 67.7 Å². The van der Waals surface area contributed by atoms with E-state index < -0.39 is 0 Å². The maximum Gasteiger partial charge on any atom is 0.255 e. The molecule has 5 rings (SSSR count). The van der Waals surface area contributed by atoms with Crippen molar-refractivity contribution in [3.8, 4) is 11.8 Å². The van der Waals surface area contributed by atoms with Crippen molar-refractivity contribution in [2.45, 2.75) is 32.7 Å². The van der Waals surface area contributed by atoms with Crippen LogP contribution in [0.2, 0.25) is 0 Å². The van der Waals surface area contributed by atoms with Crippen molar-refractivity contribution in [3.63, 3.8) is 0 Å². The lowest BCUT2D eigenvalue weighted by atomic mass is 10.0. The second kappa shape index (κ2) is 11.2. The molecule has 2 heterocycles. The SMILES string of the molecule is CC(=O)Nc1ccc(C#Cc2cc(NC(=O)c3ccc4c(c3)CCC4N3CCN(C)CC3)ccc2C)cn1. The van der Waals surface area contributed by atoms with Gasteiger partial charge in [0.2, 0.25) is 5.91 Å². The fraction of sp³-hybridized carbons (Fsp3) is 0.323. The Morgan fingerprint density at radius 2 is 1.79 bits per heavy atom. The fourth-order valence-corrected chi connectivity index (χ4v) is 5.15. The minimum atomic E-state index is -0.166. The fourth-order valence-electron chi connectivity index (χ4n) is 5.15. The summed E-state index contributed by atoms with van der Waals surface area (Å²) in [6.45, 7) is 7.85. The summed E-state index contributed by atoms with van der Waals surface area (Å²) >= 11 is 0. The molecule has 3 aromatic rings. The number of aromatic nitrogens is 1. The summed E-state index contributed by atoms with van der Waals surface area (Å²) in [7, 11) is 2.18. The van der Waals surface area contributed by atoms with Crippen LogP contribution in [-0.2, 0) is 11.2 Å². The first kappa shape index (κ1) is 25.7. The lowest BCUT2D eigenvalue weighted by Gasteiger charge is -2.36. The topological polar surface area (TPSA) is 77.6 Å². The summed E-state index contributed by atoms with van der Waals surface area (Å²) in [4.78, 5) is 33.5. The molecule has 38 heavy (non-hydrogen) atoms. The van der Waals surface area contributed by atoms with Crippen LogP contribution in [0.4, 0.5) is 11.5 Å². The highest BCUT2D eigenvalue weighted by Crippen LogP contribution is 2.36. The summed E-state index contributed by atoms with van der Waals surface area (Å²) in [6.07, 6.45) is 3.76. The number of nitrogens with one attached hydrogen (secondary N) is 2. The maximum absolute atomic E-state index is 13.1. The summed E-state index contributed by atoms with van der Waals surface area (Å²) in [5.41, 5.74) is 6.64. The van der Waals surface area contributed by atoms with Crippen molar-refractivity contribution < 1.29 is 9.59 Å². The molecule has 0 radical (unpaired) electrons. The lowest BCUT2D eigenvalue weighted by Crippen LogP contribution is -2.45. The van der Waals surface area contributed by atoms with Gasteiger partial charge in [-0.1, -0.05) is 24.0 Å². The van der Waals surface area contributed by atoms with Gasteiger partial charge >= 0.3 is 0 Å². The van der Waals surface area contributed by atoms with E-state index in [1.807, 2.05) is 37.3 Å². The van der Waals surface area contributed by atoms with Gasteiger partial charge in [-0.05, 0) is 79.9 Å². The Morgan fingerprint density at radius 1 is 0.974 bits per heavy atom. The number of hydrogen-bond donors (Lipinski definition) is 2. The largest absolute Gasteiger partial charge is 0.322 e. The van der Waals surface area contributed by atoms with Gasteiger partial charge in [0.15, 0.2) is 0 Å². The summed E-state index contributed by atoms with van der Waals surface area (Å²) in [5, 5.41) is 5.69. The van der Waals surface area contributed by atoms with Crippen molar-refractivity contribution in [3.05, 3.63) is 88.1 Å². The van der Waals surface area contributed by atoms with Crippen molar-refractivity contribution in [1.82, 2.24) is 14.8 Å². The van der Waals surface area contributed by atoms with Crippen LogP contribution in [0.5, 0.6) is 0 Å². The standard InChI is InChI=1S/C31H33N5O2/c1-21-4-10-27(19-24(21)7-5-23-6-13-30(32-20-23)33-22(2)37)34-31(38)26-8-11-28-25(18-26)9-12-29(28)36-16-14-35(3)15-17-36/h4,6,8,10-11,13,18-20,29H,9,12,14-17H2,1-3H3,(H,34,38)(H,32,33,37). The molecule has 1 atom stereocenters. The highest BCUT2D eigenvalue weighted by Gasteiger charge is 2.30. The molecule has 7 heteroatoms. The zero-order valence-electron chi connectivity index (χ0n) is 22.2. The number of pyridine rings is 1. The second-order valence-corrected chi connectivity index (χ2v) is 10.2. The molecule has 1 aliphatic heterocycles. The first-order valence-corrected chi connectivity index (χ1v) is 13.1. The molecule has 1 saturated heterocycles. The van der Waals surface area contributed by atoms with Gasteiger partial charge in [0.05, 0.1) is 0 Å². The predicted octanol–water partition coefficient (Wildman–Crippen LogP) is 4.24. The maximum atomic E-state index is 13.1. The number of likely N-dealkylation sites (N-methyl/N-ethyl adjacent to an activating group) is 1. The molecule has 194 valence electrons. The second-order valence-electron chi connectivity index (χ2n) is 10.2. The van der Waals surface area contributed by atoms with Gasteiger partial charge in [-0.25, -0.2) is 4.98 Å². The van der Waals surface area contributed by atoms with E-state index in [4.69, 9.17) is 0 Å². The van der Waals surface area contributed by atoms with Gasteiger partial charge in [-0.2, -0.15) is 0 Å². The molecule has 0 bridgehead atoms. The summed E-state index contributed by atoms with van der Waals surface area (Å²) < 4.78 is 0. The third-order valence-corrected chi connectivity index (χ3v) is 7.33. The van der Waals surface area contributed by atoms with Crippen LogP contribution in [0, 0.1) is 18.8 Å². The molecule has 7 nitrogen and oxygen atoms in total. The van der Waals surface area contributed by atoms with Crippen LogP contribution in [0.15, 0.2) is 54.7 Å². The van der Waals surface area contributed by atoms with E-state index in [2.05, 4.69) is 56.4 Å². The smallest absolute Gasteiger partial charge is 0.255 e. The van der Waals surface area contributed by atoms with E-state index in [1.54, 1.807) is 12.3 Å². The van der Waals surface area contributed by atoms with E-state index in [0.29, 0.717) is 23.1 Å². The lowest BCUT2D eigenvalue weighted by molar-refractivity contribution is -0.114. The molecule has 1 aromatic heterocycles. The van der Waals surface area contributed by atoms with Gasteiger partial charge in [-0.15, -0.1) is 0 Å². The molecule has 1 unspecified atom stereocenters. The first-order valence-electron chi connectivity index (χ1n) is 13.1. The van der Waals surface area contributed by atoms with Crippen LogP contribution in [0.1, 0.15) is 57.6 Å². The van der Waals surface area contributed by atoms with E-state index in [-0.39, 0.29) is 11.8 Å². The monoisotopic (exact) mass is 507 g/mol. The number of hydrogen-bond acceptors (Lipinski definition) is 5. The normalized spacial score (nSPS) is 17.3. The summed E-state index contributed by atoms with van der Waals surface area (Å²) in [6, 6.07) is 15.9. The zero-order chi connectivity index (χ0) is 26.6. The Kier molecular flexibility index (Phi) is 7.54. The molecule has 1 aliphatic carbocycles. The van der Waals surface area contributed by atoms with Crippen molar-refractivity contribution >= 4 is 23.3 Å². The number of carbonyl (C=O) groups excluding carboxylic acids is 2. The van der Waals surface area contributed by atoms with E-state index in [9.17, 15) is 9.59 Å². The molecule has 1 fully saturated rings. The predicted molar refractivity (Wildman–Crippen MR) is 150 cm³/mol. The van der Waals surface area contributed by atoms with Crippen LogP contribution in [-0.4, -0.2) is 59.8 Å². The van der Waals surface area contributed by atoms with Crippen molar-refractivity contribution in [2.24, 2.45) is 0 Å². The Balaban J connectivity index is 1.26. The van der Waals surface area contributed by atoms with E-state index in [1.165, 1.54) is 18.1 Å². The third-order valence-electron chi connectivity index (χ3n) is 7.33. The number of piperazine rings is 1. The Morgan fingerprint density at radius 3 is 2.53 bits per heavy atom. The quantitative estimate of drug-likeness (QED) is 0.517. The number of amides is 2. The van der Waals surface area contributed by atoms with Gasteiger partial charge in [0.1, 0.15) is 5.82 Å². The van der Waals surface area contributed by atoms with E-state index in [0.717, 1.165) is 55.7 Å². The minimum Gasteiger partial charge on any atom is -0.322 e. The van der Waals surface area contributed by atoms with E-state index >= 15 is 0 Å². The average molecular weight is 508 g/mol. The van der Waals surface area contributed by atoms with Crippen molar-refractivity contribution in [1.29, 1.82) is 0 Å². The molecular formula is C31H33N5O2. The first-order chi connectivity index (χ1) is 18.4. The van der Waals surface area contributed by atoms with Gasteiger partial charge in [0.25, 0.3) is 5.91 Å². The molecule has 2 aliphatic rings. The highest BCUT2D eigenvalue weighted by molar-refractivity contribution is 6.04. The molecular weight excluding hydrogens is 474 g/mol. The van der Waals surface area contributed by atoms with Gasteiger partial charge < -0.3 is 15.5 Å². The van der Waals surface area contributed by atoms with Crippen LogP contribution < -0.4 is 10.6 Å². The molecule has 2 aromatic carbocycles. The zero-order valence-corrected chi connectivity index (χ0v) is 22.2. The van der Waals surface area contributed by atoms with Gasteiger partial charge in [-0.3, -0.25) is 14.5 Å². The molecule has 0 spiro atoms. The Hall–Kier alpha value is -3.99. The Bertz CT molecular complexity index is 1410. The number of carbonyl (C=O) groups is 2. The third kappa shape index (κ3) is 5.94. The number of aryl methyl sites for hydroxylation is 2. The average Bonchev–Trinajstić information content (AvgIpc) is 3.33. The summed E-state index contributed by atoms with van der Waals surface area (Å²) in [5.74, 6) is 6.50.